The van der Waals surface area contributed by atoms with Gasteiger partial charge in [0.2, 0.25) is 11.8 Å². The summed E-state index contributed by atoms with van der Waals surface area (Å²) in [5.74, 6) is 0.628. The van der Waals surface area contributed by atoms with Crippen molar-refractivity contribution in [3.63, 3.8) is 0 Å². The van der Waals surface area contributed by atoms with Crippen LogP contribution < -0.4 is 19.9 Å². The topological polar surface area (TPSA) is 65.1 Å². The number of anilines is 2. The molecule has 2 aliphatic heterocycles. The van der Waals surface area contributed by atoms with Gasteiger partial charge in [0.05, 0.1) is 12.2 Å². The number of hydrogen-bond donors (Lipinski definition) is 1. The van der Waals surface area contributed by atoms with Crippen LogP contribution in [-0.4, -0.2) is 69.1 Å². The van der Waals surface area contributed by atoms with Crippen LogP contribution in [0.15, 0.2) is 42.5 Å². The van der Waals surface area contributed by atoms with Crippen molar-refractivity contribution in [1.82, 2.24) is 10.2 Å². The molecule has 0 atom stereocenters. The zero-order chi connectivity index (χ0) is 23.9. The van der Waals surface area contributed by atoms with E-state index >= 15 is 0 Å². The summed E-state index contributed by atoms with van der Waals surface area (Å²) >= 11 is 0. The first kappa shape index (κ1) is 24.1. The lowest BCUT2D eigenvalue weighted by Crippen LogP contribution is -2.47. The highest BCUT2D eigenvalue weighted by molar-refractivity contribution is 5.97. The average molecular weight is 465 g/mol. The molecule has 2 amide bonds. The number of aryl methyl sites for hydroxylation is 2. The van der Waals surface area contributed by atoms with Crippen molar-refractivity contribution in [1.29, 1.82) is 0 Å². The number of benzene rings is 2. The zero-order valence-electron chi connectivity index (χ0n) is 20.4. The lowest BCUT2D eigenvalue weighted by atomic mass is 10.1. The van der Waals surface area contributed by atoms with Gasteiger partial charge in [-0.2, -0.15) is 0 Å². The fraction of sp³-hybridized carbons (Fsp3) is 0.481. The van der Waals surface area contributed by atoms with Crippen molar-refractivity contribution in [3.05, 3.63) is 53.6 Å². The van der Waals surface area contributed by atoms with Crippen molar-refractivity contribution in [2.75, 3.05) is 62.2 Å². The molecule has 1 N–H and O–H groups in total. The van der Waals surface area contributed by atoms with Crippen LogP contribution in [0, 0.1) is 13.8 Å². The van der Waals surface area contributed by atoms with Gasteiger partial charge in [0.1, 0.15) is 12.4 Å². The lowest BCUT2D eigenvalue weighted by molar-refractivity contribution is -0.125. The summed E-state index contributed by atoms with van der Waals surface area (Å²) in [7, 11) is 0. The minimum Gasteiger partial charge on any atom is -0.490 e. The van der Waals surface area contributed by atoms with Gasteiger partial charge in [-0.15, -0.1) is 0 Å². The third-order valence-corrected chi connectivity index (χ3v) is 6.65. The highest BCUT2D eigenvalue weighted by Crippen LogP contribution is 2.31. The maximum atomic E-state index is 12.7. The Bertz CT molecular complexity index is 1000. The van der Waals surface area contributed by atoms with Gasteiger partial charge in [-0.1, -0.05) is 24.3 Å². The Hall–Kier alpha value is -3.06. The number of nitrogens with one attached hydrogen (secondary N) is 1. The van der Waals surface area contributed by atoms with Crippen LogP contribution >= 0.6 is 0 Å². The number of amides is 2. The molecule has 182 valence electrons. The highest BCUT2D eigenvalue weighted by atomic mass is 16.5. The quantitative estimate of drug-likeness (QED) is 0.608. The van der Waals surface area contributed by atoms with Crippen molar-refractivity contribution < 1.29 is 14.3 Å². The molecule has 0 radical (unpaired) electrons. The molecule has 0 aromatic heterocycles. The van der Waals surface area contributed by atoms with E-state index in [2.05, 4.69) is 47.2 Å². The molecule has 34 heavy (non-hydrogen) atoms. The maximum absolute atomic E-state index is 12.7. The summed E-state index contributed by atoms with van der Waals surface area (Å²) in [5, 5.41) is 2.98. The molecule has 0 spiro atoms. The predicted octanol–water partition coefficient (Wildman–Crippen LogP) is 3.14. The number of hydrogen-bond acceptors (Lipinski definition) is 5. The van der Waals surface area contributed by atoms with Gasteiger partial charge >= 0.3 is 0 Å². The Kier molecular flexibility index (Phi) is 8.06. The van der Waals surface area contributed by atoms with Gasteiger partial charge in [0, 0.05) is 51.3 Å². The van der Waals surface area contributed by atoms with E-state index in [-0.39, 0.29) is 24.7 Å². The molecule has 2 aromatic carbocycles. The van der Waals surface area contributed by atoms with Gasteiger partial charge in [0.25, 0.3) is 0 Å². The fourth-order valence-electron chi connectivity index (χ4n) is 4.68. The minimum absolute atomic E-state index is 0.0346. The summed E-state index contributed by atoms with van der Waals surface area (Å²) < 4.78 is 5.60. The summed E-state index contributed by atoms with van der Waals surface area (Å²) in [6.07, 6.45) is 1.34. The monoisotopic (exact) mass is 464 g/mol. The van der Waals surface area contributed by atoms with Crippen LogP contribution in [0.4, 0.5) is 11.4 Å². The first-order valence-electron chi connectivity index (χ1n) is 12.3. The van der Waals surface area contributed by atoms with E-state index < -0.39 is 0 Å². The first-order chi connectivity index (χ1) is 16.5. The number of para-hydroxylation sites is 2. The second-order valence-corrected chi connectivity index (χ2v) is 9.18. The Morgan fingerprint density at radius 1 is 0.941 bits per heavy atom. The maximum Gasteiger partial charge on any atom is 0.227 e. The Morgan fingerprint density at radius 3 is 2.56 bits per heavy atom. The number of nitrogens with zero attached hydrogens (tertiary/aromatic N) is 3. The summed E-state index contributed by atoms with van der Waals surface area (Å²) in [6.45, 7) is 11.1. The third-order valence-electron chi connectivity index (χ3n) is 6.65. The smallest absolute Gasteiger partial charge is 0.227 e. The van der Waals surface area contributed by atoms with E-state index in [0.717, 1.165) is 50.6 Å². The van der Waals surface area contributed by atoms with Crippen LogP contribution in [0.25, 0.3) is 0 Å². The van der Waals surface area contributed by atoms with Gasteiger partial charge in [-0.3, -0.25) is 14.5 Å². The molecule has 0 aliphatic carbocycles. The van der Waals surface area contributed by atoms with Crippen LogP contribution in [0.3, 0.4) is 0 Å². The molecule has 0 unspecified atom stereocenters. The van der Waals surface area contributed by atoms with Gasteiger partial charge in [-0.05, 0) is 56.1 Å². The first-order valence-corrected chi connectivity index (χ1v) is 12.3. The van der Waals surface area contributed by atoms with E-state index in [1.807, 2.05) is 24.3 Å². The minimum atomic E-state index is -0.0605. The molecule has 0 saturated carbocycles. The predicted molar refractivity (Wildman–Crippen MR) is 136 cm³/mol. The number of carbonyl (C=O) groups excluding carboxylic acids is 2. The van der Waals surface area contributed by atoms with Gasteiger partial charge in [-0.25, -0.2) is 0 Å². The number of rotatable bonds is 8. The van der Waals surface area contributed by atoms with Crippen LogP contribution in [0.1, 0.15) is 30.4 Å². The standard InChI is InChI=1S/C27H36N4O3/c1-21-8-9-22(2)24(20-21)30-16-14-29(15-17-30)13-5-12-28-26(32)10-11-27(33)31-18-19-34-25-7-4-3-6-23(25)31/h3-4,6-9,20H,5,10-19H2,1-2H3,(H,28,32). The van der Waals surface area contributed by atoms with Gasteiger partial charge in [0.15, 0.2) is 0 Å². The van der Waals surface area contributed by atoms with E-state index in [9.17, 15) is 9.59 Å². The Morgan fingerprint density at radius 2 is 1.74 bits per heavy atom. The molecule has 1 fully saturated rings. The summed E-state index contributed by atoms with van der Waals surface area (Å²) in [4.78, 5) is 31.6. The normalized spacial score (nSPS) is 16.1. The molecule has 1 saturated heterocycles. The van der Waals surface area contributed by atoms with E-state index in [4.69, 9.17) is 4.74 Å². The number of fused-ring (bicyclic) bond motifs is 1. The van der Waals surface area contributed by atoms with Crippen molar-refractivity contribution in [3.8, 4) is 5.75 Å². The van der Waals surface area contributed by atoms with Crippen molar-refractivity contribution in [2.24, 2.45) is 0 Å². The molecule has 7 heteroatoms. The fourth-order valence-corrected chi connectivity index (χ4v) is 4.68. The van der Waals surface area contributed by atoms with E-state index in [0.29, 0.717) is 19.7 Å². The number of piperazine rings is 1. The Labute approximate surface area is 202 Å². The molecule has 2 aliphatic rings. The van der Waals surface area contributed by atoms with Gasteiger partial charge < -0.3 is 19.9 Å². The number of carbonyl (C=O) groups is 2. The SMILES string of the molecule is Cc1ccc(C)c(N2CCN(CCCNC(=O)CCC(=O)N3CCOc4ccccc43)CC2)c1. The van der Waals surface area contributed by atoms with E-state index in [1.54, 1.807) is 4.90 Å². The molecule has 4 rings (SSSR count). The average Bonchev–Trinajstić information content (AvgIpc) is 2.86. The zero-order valence-corrected chi connectivity index (χ0v) is 20.4. The largest absolute Gasteiger partial charge is 0.490 e. The summed E-state index contributed by atoms with van der Waals surface area (Å²) in [5.41, 5.74) is 4.77. The molecule has 7 nitrogen and oxygen atoms in total. The van der Waals surface area contributed by atoms with Crippen LogP contribution in [0.5, 0.6) is 5.75 Å². The Balaban J connectivity index is 1.11. The molecule has 2 aromatic rings. The second kappa shape index (κ2) is 11.4. The van der Waals surface area contributed by atoms with Crippen molar-refractivity contribution in [2.45, 2.75) is 33.1 Å². The van der Waals surface area contributed by atoms with Crippen LogP contribution in [-0.2, 0) is 9.59 Å². The summed E-state index contributed by atoms with van der Waals surface area (Å²) in [6, 6.07) is 14.2. The van der Waals surface area contributed by atoms with Crippen LogP contribution in [0.2, 0.25) is 0 Å². The molecular formula is C27H36N4O3. The highest BCUT2D eigenvalue weighted by Gasteiger charge is 2.23. The van der Waals surface area contributed by atoms with Crippen molar-refractivity contribution >= 4 is 23.2 Å². The van der Waals surface area contributed by atoms with E-state index in [1.165, 1.54) is 16.8 Å². The number of ether oxygens (including phenoxy) is 1. The molecule has 0 bridgehead atoms. The third kappa shape index (κ3) is 6.08. The second-order valence-electron chi connectivity index (χ2n) is 9.18. The molecule has 2 heterocycles. The lowest BCUT2D eigenvalue weighted by Gasteiger charge is -2.37. The molecular weight excluding hydrogens is 428 g/mol.